The lowest BCUT2D eigenvalue weighted by Gasteiger charge is -2.04. The van der Waals surface area contributed by atoms with E-state index in [0.29, 0.717) is 12.1 Å². The smallest absolute Gasteiger partial charge is 0.133 e. The van der Waals surface area contributed by atoms with Gasteiger partial charge in [0.15, 0.2) is 0 Å². The molecule has 6 heteroatoms. The van der Waals surface area contributed by atoms with E-state index in [4.69, 9.17) is 0 Å². The highest BCUT2D eigenvalue weighted by Crippen LogP contribution is 2.38. The average Bonchev–Trinajstić information content (AvgIpc) is 2.57. The van der Waals surface area contributed by atoms with Crippen molar-refractivity contribution in [3.05, 3.63) is 22.3 Å². The van der Waals surface area contributed by atoms with Crippen LogP contribution in [0.3, 0.4) is 0 Å². The number of fused-ring (bicyclic) bond motifs is 1. The topological polar surface area (TPSA) is 38.0 Å². The van der Waals surface area contributed by atoms with Crippen LogP contribution < -0.4 is 0 Å². The number of hydrogen-bond donors (Lipinski definition) is 1. The van der Waals surface area contributed by atoms with Gasteiger partial charge in [0.25, 0.3) is 0 Å². The molecule has 0 aliphatic carbocycles. The molecule has 3 nitrogen and oxygen atoms in total. The molecule has 74 valence electrons. The van der Waals surface area contributed by atoms with Gasteiger partial charge >= 0.3 is 0 Å². The van der Waals surface area contributed by atoms with Crippen molar-refractivity contribution in [2.24, 2.45) is 0 Å². The standard InChI is InChI=1S/C8H7BrIN2OP/c1-4-2-6-5(7(9)8(4)13)3-11-12(6)14-10/h2-3,13-14H,1H3. The fourth-order valence-corrected chi connectivity index (χ4v) is 3.46. The third-order valence-corrected chi connectivity index (χ3v) is 4.75. The summed E-state index contributed by atoms with van der Waals surface area (Å²) in [6, 6.07) is 1.95. The lowest BCUT2D eigenvalue weighted by molar-refractivity contribution is 0.469. The van der Waals surface area contributed by atoms with E-state index in [1.54, 1.807) is 6.20 Å². The van der Waals surface area contributed by atoms with E-state index in [2.05, 4.69) is 43.1 Å². The van der Waals surface area contributed by atoms with Crippen LogP contribution in [0.4, 0.5) is 0 Å². The van der Waals surface area contributed by atoms with Gasteiger partial charge in [0.2, 0.25) is 0 Å². The summed E-state index contributed by atoms with van der Waals surface area (Å²) in [6.45, 7) is 1.88. The Labute approximate surface area is 104 Å². The molecule has 1 unspecified atom stereocenters. The molecule has 0 saturated heterocycles. The third-order valence-electron chi connectivity index (χ3n) is 2.06. The Morgan fingerprint density at radius 1 is 1.64 bits per heavy atom. The SMILES string of the molecule is Cc1cc2c(cnn2PI)c(Br)c1O. The van der Waals surface area contributed by atoms with E-state index >= 15 is 0 Å². The van der Waals surface area contributed by atoms with Crippen molar-refractivity contribution in [2.45, 2.75) is 6.92 Å². The maximum Gasteiger partial charge on any atom is 0.133 e. The van der Waals surface area contributed by atoms with Crippen molar-refractivity contribution in [3.8, 4) is 5.75 Å². The number of phenolic OH excluding ortho intramolecular Hbond substituents is 1. The second-order valence-electron chi connectivity index (χ2n) is 2.93. The summed E-state index contributed by atoms with van der Waals surface area (Å²) in [5.41, 5.74) is 1.92. The fraction of sp³-hybridized carbons (Fsp3) is 0.125. The predicted octanol–water partition coefficient (Wildman–Crippen LogP) is 3.60. The number of nitrogens with zero attached hydrogens (tertiary/aromatic N) is 2. The summed E-state index contributed by atoms with van der Waals surface area (Å²) in [5.74, 6) is 0.300. The molecule has 1 N–H and O–H groups in total. The highest BCUT2D eigenvalue weighted by Gasteiger charge is 2.11. The zero-order valence-electron chi connectivity index (χ0n) is 7.25. The molecule has 0 amide bonds. The van der Waals surface area contributed by atoms with Crippen molar-refractivity contribution >= 4 is 55.2 Å². The molecule has 1 atom stereocenters. The number of rotatable bonds is 1. The molecular formula is C8H7BrIN2OP. The number of phenols is 1. The Morgan fingerprint density at radius 3 is 3.00 bits per heavy atom. The van der Waals surface area contributed by atoms with Crippen LogP contribution in [0, 0.1) is 6.92 Å². The van der Waals surface area contributed by atoms with E-state index in [1.807, 2.05) is 17.4 Å². The number of aromatic hydroxyl groups is 1. The van der Waals surface area contributed by atoms with E-state index in [0.717, 1.165) is 20.9 Å². The molecule has 2 rings (SSSR count). The van der Waals surface area contributed by atoms with Gasteiger partial charge < -0.3 is 5.11 Å². The molecule has 0 bridgehead atoms. The van der Waals surface area contributed by atoms with Gasteiger partial charge in [-0.05, 0) is 56.5 Å². The first-order chi connectivity index (χ1) is 6.65. The lowest BCUT2D eigenvalue weighted by Crippen LogP contribution is -1.84. The summed E-state index contributed by atoms with van der Waals surface area (Å²) in [5, 5.41) is 14.9. The van der Waals surface area contributed by atoms with Crippen molar-refractivity contribution in [1.29, 1.82) is 0 Å². The average molecular weight is 385 g/mol. The van der Waals surface area contributed by atoms with E-state index < -0.39 is 0 Å². The van der Waals surface area contributed by atoms with Crippen molar-refractivity contribution in [1.82, 2.24) is 9.55 Å². The number of hydrogen-bond acceptors (Lipinski definition) is 2. The summed E-state index contributed by atoms with van der Waals surface area (Å²) < 4.78 is 2.65. The molecular weight excluding hydrogens is 378 g/mol. The van der Waals surface area contributed by atoms with Crippen molar-refractivity contribution in [2.75, 3.05) is 0 Å². The predicted molar refractivity (Wildman–Crippen MR) is 71.6 cm³/mol. The number of halogens is 2. The summed E-state index contributed by atoms with van der Waals surface area (Å²) in [6.07, 6.45) is 2.34. The van der Waals surface area contributed by atoms with Gasteiger partial charge in [0.1, 0.15) is 5.75 Å². The highest BCUT2D eigenvalue weighted by atomic mass is 127. The lowest BCUT2D eigenvalue weighted by atomic mass is 10.2. The zero-order valence-corrected chi connectivity index (χ0v) is 12.0. The second kappa shape index (κ2) is 3.94. The van der Waals surface area contributed by atoms with Crippen molar-refractivity contribution < 1.29 is 5.11 Å². The molecule has 0 aliphatic rings. The normalized spacial score (nSPS) is 11.9. The van der Waals surface area contributed by atoms with Crippen LogP contribution in [-0.4, -0.2) is 14.7 Å². The van der Waals surface area contributed by atoms with Gasteiger partial charge in [-0.25, -0.2) is 4.45 Å². The minimum Gasteiger partial charge on any atom is -0.506 e. The number of aryl methyl sites for hydroxylation is 1. The Kier molecular flexibility index (Phi) is 3.00. The minimum atomic E-state index is 0.300. The van der Waals surface area contributed by atoms with Crippen LogP contribution in [0.5, 0.6) is 5.75 Å². The van der Waals surface area contributed by atoms with Crippen LogP contribution in [0.15, 0.2) is 16.7 Å². The summed E-state index contributed by atoms with van der Waals surface area (Å²) in [4.78, 5) is 0. The number of benzene rings is 1. The van der Waals surface area contributed by atoms with Gasteiger partial charge in [-0.1, -0.05) is 0 Å². The van der Waals surface area contributed by atoms with Gasteiger partial charge in [-0.2, -0.15) is 5.10 Å². The van der Waals surface area contributed by atoms with Crippen LogP contribution in [0.1, 0.15) is 5.56 Å². The second-order valence-corrected chi connectivity index (χ2v) is 5.76. The quantitative estimate of drug-likeness (QED) is 0.602. The molecule has 0 saturated carbocycles. The maximum absolute atomic E-state index is 9.70. The van der Waals surface area contributed by atoms with E-state index in [9.17, 15) is 5.11 Å². The van der Waals surface area contributed by atoms with Crippen LogP contribution in [0.2, 0.25) is 0 Å². The Hall–Kier alpha value is 0.130. The Morgan fingerprint density at radius 2 is 2.36 bits per heavy atom. The maximum atomic E-state index is 9.70. The number of aromatic nitrogens is 2. The van der Waals surface area contributed by atoms with Gasteiger partial charge in [-0.15, -0.1) is 0 Å². The summed E-state index contributed by atoms with van der Waals surface area (Å²) >= 11 is 5.65. The first-order valence-corrected chi connectivity index (χ1v) is 8.73. The highest BCUT2D eigenvalue weighted by molar-refractivity contribution is 14.2. The first-order valence-electron chi connectivity index (χ1n) is 3.87. The fourth-order valence-electron chi connectivity index (χ4n) is 1.31. The van der Waals surface area contributed by atoms with Gasteiger partial charge in [0, 0.05) is 5.39 Å². The zero-order chi connectivity index (χ0) is 10.3. The van der Waals surface area contributed by atoms with Gasteiger partial charge in [0.05, 0.1) is 22.6 Å². The molecule has 14 heavy (non-hydrogen) atoms. The van der Waals surface area contributed by atoms with Crippen molar-refractivity contribution in [3.63, 3.8) is 0 Å². The van der Waals surface area contributed by atoms with Crippen LogP contribution >= 0.6 is 44.3 Å². The molecule has 0 radical (unpaired) electrons. The Balaban J connectivity index is 2.86. The van der Waals surface area contributed by atoms with E-state index in [1.165, 1.54) is 0 Å². The molecule has 0 fully saturated rings. The molecule has 0 spiro atoms. The summed E-state index contributed by atoms with van der Waals surface area (Å²) in [7, 11) is 0. The first kappa shape index (κ1) is 10.6. The largest absolute Gasteiger partial charge is 0.506 e. The molecule has 1 aromatic heterocycles. The molecule has 0 aliphatic heterocycles. The van der Waals surface area contributed by atoms with Crippen LogP contribution in [0.25, 0.3) is 10.9 Å². The molecule has 2 aromatic rings. The van der Waals surface area contributed by atoms with E-state index in [-0.39, 0.29) is 0 Å². The molecule has 1 heterocycles. The Bertz CT molecular complexity index is 500. The minimum absolute atomic E-state index is 0.300. The molecule has 1 aromatic carbocycles. The monoisotopic (exact) mass is 384 g/mol. The van der Waals surface area contributed by atoms with Gasteiger partial charge in [-0.3, -0.25) is 0 Å². The van der Waals surface area contributed by atoms with Crippen LogP contribution in [-0.2, 0) is 0 Å². The third kappa shape index (κ3) is 1.55.